The van der Waals surface area contributed by atoms with Crippen LogP contribution in [0.25, 0.3) is 0 Å². The first-order valence-corrected chi connectivity index (χ1v) is 8.07. The zero-order valence-electron chi connectivity index (χ0n) is 13.8. The molecule has 1 heterocycles. The fourth-order valence-electron chi connectivity index (χ4n) is 2.60. The molecule has 0 aliphatic rings. The Morgan fingerprint density at radius 2 is 1.79 bits per heavy atom. The third-order valence-electron chi connectivity index (χ3n) is 3.97. The second-order valence-corrected chi connectivity index (χ2v) is 5.91. The Morgan fingerprint density at radius 3 is 2.50 bits per heavy atom. The third kappa shape index (κ3) is 4.32. The summed E-state index contributed by atoms with van der Waals surface area (Å²) in [6, 6.07) is 18.1. The number of benzene rings is 2. The van der Waals surface area contributed by atoms with Gasteiger partial charge in [0.1, 0.15) is 0 Å². The quantitative estimate of drug-likeness (QED) is 0.759. The van der Waals surface area contributed by atoms with Crippen LogP contribution < -0.4 is 5.32 Å². The van der Waals surface area contributed by atoms with Gasteiger partial charge in [0.2, 0.25) is 5.91 Å². The van der Waals surface area contributed by atoms with Gasteiger partial charge in [-0.05, 0) is 29.7 Å². The molecule has 24 heavy (non-hydrogen) atoms. The summed E-state index contributed by atoms with van der Waals surface area (Å²) in [4.78, 5) is 12.2. The van der Waals surface area contributed by atoms with E-state index in [2.05, 4.69) is 16.5 Å². The molecule has 4 heteroatoms. The highest BCUT2D eigenvalue weighted by atomic mass is 16.1. The lowest BCUT2D eigenvalue weighted by atomic mass is 10.1. The van der Waals surface area contributed by atoms with E-state index in [4.69, 9.17) is 0 Å². The van der Waals surface area contributed by atoms with Gasteiger partial charge in [0.05, 0.1) is 13.0 Å². The molecule has 3 aromatic rings. The molecule has 3 rings (SSSR count). The summed E-state index contributed by atoms with van der Waals surface area (Å²) in [5.41, 5.74) is 4.51. The Balaban J connectivity index is 1.60. The van der Waals surface area contributed by atoms with E-state index >= 15 is 0 Å². The monoisotopic (exact) mass is 319 g/mol. The minimum Gasteiger partial charge on any atom is -0.352 e. The van der Waals surface area contributed by atoms with E-state index < -0.39 is 0 Å². The first kappa shape index (κ1) is 16.0. The van der Waals surface area contributed by atoms with Crippen LogP contribution in [-0.4, -0.2) is 15.7 Å². The van der Waals surface area contributed by atoms with Gasteiger partial charge in [-0.2, -0.15) is 5.10 Å². The third-order valence-corrected chi connectivity index (χ3v) is 3.97. The molecule has 1 N–H and O–H groups in total. The molecule has 0 aliphatic carbocycles. The molecule has 0 atom stereocenters. The number of aromatic nitrogens is 2. The average Bonchev–Trinajstić information content (AvgIpc) is 3.09. The maximum absolute atomic E-state index is 12.2. The van der Waals surface area contributed by atoms with Crippen molar-refractivity contribution < 1.29 is 4.79 Å². The molecule has 0 radical (unpaired) electrons. The van der Waals surface area contributed by atoms with Gasteiger partial charge in [0.25, 0.3) is 0 Å². The summed E-state index contributed by atoms with van der Waals surface area (Å²) in [5, 5.41) is 7.25. The number of rotatable bonds is 6. The summed E-state index contributed by atoms with van der Waals surface area (Å²) >= 11 is 0. The summed E-state index contributed by atoms with van der Waals surface area (Å²) in [5.74, 6) is 0.0349. The van der Waals surface area contributed by atoms with Gasteiger partial charge < -0.3 is 5.32 Å². The smallest absolute Gasteiger partial charge is 0.224 e. The van der Waals surface area contributed by atoms with Crippen molar-refractivity contribution in [3.05, 3.63) is 89.2 Å². The molecule has 0 fully saturated rings. The number of aryl methyl sites for hydroxylation is 1. The van der Waals surface area contributed by atoms with Crippen LogP contribution in [0, 0.1) is 6.92 Å². The Morgan fingerprint density at radius 1 is 1.04 bits per heavy atom. The van der Waals surface area contributed by atoms with Crippen LogP contribution >= 0.6 is 0 Å². The van der Waals surface area contributed by atoms with E-state index in [1.54, 1.807) is 6.20 Å². The Labute approximate surface area is 142 Å². The van der Waals surface area contributed by atoms with E-state index in [1.165, 1.54) is 5.56 Å². The minimum atomic E-state index is 0.0349. The van der Waals surface area contributed by atoms with Crippen LogP contribution in [0.4, 0.5) is 0 Å². The molecule has 0 aliphatic heterocycles. The second-order valence-electron chi connectivity index (χ2n) is 5.91. The van der Waals surface area contributed by atoms with Crippen molar-refractivity contribution in [2.75, 3.05) is 0 Å². The van der Waals surface area contributed by atoms with E-state index in [-0.39, 0.29) is 5.91 Å². The maximum atomic E-state index is 12.2. The van der Waals surface area contributed by atoms with Gasteiger partial charge in [-0.25, -0.2) is 0 Å². The molecule has 1 amide bonds. The van der Waals surface area contributed by atoms with Crippen LogP contribution in [0.1, 0.15) is 22.3 Å². The predicted molar refractivity (Wildman–Crippen MR) is 94.5 cm³/mol. The molecule has 0 saturated carbocycles. The number of carbonyl (C=O) groups is 1. The lowest BCUT2D eigenvalue weighted by Gasteiger charge is -2.11. The topological polar surface area (TPSA) is 46.9 Å². The van der Waals surface area contributed by atoms with Crippen LogP contribution in [0.5, 0.6) is 0 Å². The van der Waals surface area contributed by atoms with Gasteiger partial charge in [-0.15, -0.1) is 0 Å². The number of hydrogen-bond donors (Lipinski definition) is 1. The molecular formula is C20H21N3O. The highest BCUT2D eigenvalue weighted by molar-refractivity contribution is 5.78. The molecule has 1 aromatic heterocycles. The highest BCUT2D eigenvalue weighted by Gasteiger charge is 2.06. The molecule has 0 unspecified atom stereocenters. The largest absolute Gasteiger partial charge is 0.352 e. The van der Waals surface area contributed by atoms with Crippen molar-refractivity contribution in [2.24, 2.45) is 0 Å². The van der Waals surface area contributed by atoms with Crippen molar-refractivity contribution in [1.29, 1.82) is 0 Å². The Bertz CT molecular complexity index is 792. The Kier molecular flexibility index (Phi) is 5.06. The number of nitrogens with one attached hydrogen (secondary N) is 1. The van der Waals surface area contributed by atoms with Crippen LogP contribution in [0.15, 0.2) is 67.0 Å². The predicted octanol–water partition coefficient (Wildman–Crippen LogP) is 3.10. The number of carbonyl (C=O) groups excluding carboxylic acids is 1. The zero-order chi connectivity index (χ0) is 16.8. The molecule has 0 bridgehead atoms. The molecule has 2 aromatic carbocycles. The second kappa shape index (κ2) is 7.59. The zero-order valence-corrected chi connectivity index (χ0v) is 13.8. The maximum Gasteiger partial charge on any atom is 0.224 e. The SMILES string of the molecule is Cc1ccc(CC(=O)NCc2ccccc2Cn2cccn2)cc1. The van der Waals surface area contributed by atoms with Crippen molar-refractivity contribution in [3.63, 3.8) is 0 Å². The summed E-state index contributed by atoms with van der Waals surface area (Å²) in [6.45, 7) is 3.28. The van der Waals surface area contributed by atoms with E-state index in [9.17, 15) is 4.79 Å². The van der Waals surface area contributed by atoms with Crippen LogP contribution in [0.2, 0.25) is 0 Å². The van der Waals surface area contributed by atoms with Gasteiger partial charge in [-0.3, -0.25) is 9.48 Å². The first-order valence-electron chi connectivity index (χ1n) is 8.07. The lowest BCUT2D eigenvalue weighted by Crippen LogP contribution is -2.25. The summed E-state index contributed by atoms with van der Waals surface area (Å²) in [6.07, 6.45) is 4.11. The number of hydrogen-bond acceptors (Lipinski definition) is 2. The van der Waals surface area contributed by atoms with E-state index in [0.29, 0.717) is 19.5 Å². The first-order chi connectivity index (χ1) is 11.7. The van der Waals surface area contributed by atoms with Gasteiger partial charge in [0.15, 0.2) is 0 Å². The van der Waals surface area contributed by atoms with Gasteiger partial charge in [0, 0.05) is 18.9 Å². The molecule has 4 nitrogen and oxygen atoms in total. The van der Waals surface area contributed by atoms with Crippen molar-refractivity contribution in [2.45, 2.75) is 26.4 Å². The van der Waals surface area contributed by atoms with Crippen LogP contribution in [-0.2, 0) is 24.3 Å². The van der Waals surface area contributed by atoms with Crippen molar-refractivity contribution >= 4 is 5.91 Å². The molecule has 0 saturated heterocycles. The lowest BCUT2D eigenvalue weighted by molar-refractivity contribution is -0.120. The van der Waals surface area contributed by atoms with Crippen LogP contribution in [0.3, 0.4) is 0 Å². The van der Waals surface area contributed by atoms with Crippen molar-refractivity contribution in [1.82, 2.24) is 15.1 Å². The molecule has 122 valence electrons. The normalized spacial score (nSPS) is 10.5. The van der Waals surface area contributed by atoms with Gasteiger partial charge >= 0.3 is 0 Å². The molecule has 0 spiro atoms. The van der Waals surface area contributed by atoms with Gasteiger partial charge in [-0.1, -0.05) is 54.1 Å². The number of amides is 1. The Hall–Kier alpha value is -2.88. The number of nitrogens with zero attached hydrogens (tertiary/aromatic N) is 2. The fraction of sp³-hybridized carbons (Fsp3) is 0.200. The summed E-state index contributed by atoms with van der Waals surface area (Å²) < 4.78 is 1.88. The molecular weight excluding hydrogens is 298 g/mol. The summed E-state index contributed by atoms with van der Waals surface area (Å²) in [7, 11) is 0. The highest BCUT2D eigenvalue weighted by Crippen LogP contribution is 2.10. The fourth-order valence-corrected chi connectivity index (χ4v) is 2.60. The van der Waals surface area contributed by atoms with E-state index in [0.717, 1.165) is 16.7 Å². The van der Waals surface area contributed by atoms with E-state index in [1.807, 2.05) is 66.3 Å². The standard InChI is InChI=1S/C20H21N3O/c1-16-7-9-17(10-8-16)13-20(24)21-14-18-5-2-3-6-19(18)15-23-12-4-11-22-23/h2-12H,13-15H2,1H3,(H,21,24). The minimum absolute atomic E-state index is 0.0349. The average molecular weight is 319 g/mol. The van der Waals surface area contributed by atoms with Crippen molar-refractivity contribution in [3.8, 4) is 0 Å².